The molecule has 14 heavy (non-hydrogen) atoms. The summed E-state index contributed by atoms with van der Waals surface area (Å²) in [6.07, 6.45) is 6.34. The number of hydrogen-bond acceptors (Lipinski definition) is 8. The van der Waals surface area contributed by atoms with E-state index in [0.29, 0.717) is 10.4 Å². The molecular weight excluding hydrogens is 260 g/mol. The zero-order valence-electron chi connectivity index (χ0n) is 6.65. The molecule has 0 unspecified atom stereocenters. The average Bonchev–Trinajstić information content (AvgIpc) is 2.86. The molecule has 8 heteroatoms. The van der Waals surface area contributed by atoms with E-state index in [1.165, 1.54) is 21.6 Å². The van der Waals surface area contributed by atoms with Crippen molar-refractivity contribution in [3.8, 4) is 0 Å². The zero-order valence-corrected chi connectivity index (χ0v) is 9.92. The van der Waals surface area contributed by atoms with E-state index in [4.69, 9.17) is 8.83 Å². The van der Waals surface area contributed by atoms with Crippen LogP contribution < -0.4 is 0 Å². The van der Waals surface area contributed by atoms with Gasteiger partial charge in [-0.05, 0) is 19.7 Å². The minimum Gasteiger partial charge on any atom is -0.439 e. The molecule has 0 fully saturated rings. The van der Waals surface area contributed by atoms with Crippen molar-refractivity contribution in [2.24, 2.45) is 0 Å². The normalized spacial score (nSPS) is 10.6. The third kappa shape index (κ3) is 3.19. The monoisotopic (exact) mass is 264 g/mol. The largest absolute Gasteiger partial charge is 0.439 e. The van der Waals surface area contributed by atoms with Crippen LogP contribution in [0, 0.1) is 0 Å². The molecular formula is C6H4N2O2S4. The Morgan fingerprint density at radius 3 is 1.71 bits per heavy atom. The highest BCUT2D eigenvalue weighted by Crippen LogP contribution is 2.48. The smallest absolute Gasteiger partial charge is 0.267 e. The summed E-state index contributed by atoms with van der Waals surface area (Å²) in [4.78, 5) is 7.93. The predicted molar refractivity (Wildman–Crippen MR) is 59.9 cm³/mol. The van der Waals surface area contributed by atoms with Crippen LogP contribution in [-0.4, -0.2) is 9.97 Å². The molecule has 2 heterocycles. The molecule has 0 spiro atoms. The number of nitrogens with zero attached hydrogens (tertiary/aromatic N) is 2. The Bertz CT molecular complexity index is 314. The Hall–Kier alpha value is -0.180. The van der Waals surface area contributed by atoms with Crippen molar-refractivity contribution in [1.82, 2.24) is 9.97 Å². The first-order chi connectivity index (χ1) is 6.95. The summed E-state index contributed by atoms with van der Waals surface area (Å²) in [6, 6.07) is 0. The quantitative estimate of drug-likeness (QED) is 0.597. The molecule has 0 atom stereocenters. The van der Waals surface area contributed by atoms with Crippen LogP contribution in [-0.2, 0) is 0 Å². The molecule has 4 nitrogen and oxygen atoms in total. The molecule has 2 rings (SSSR count). The highest BCUT2D eigenvalue weighted by Gasteiger charge is 2.02. The minimum absolute atomic E-state index is 0.649. The summed E-state index contributed by atoms with van der Waals surface area (Å²) in [7, 11) is 6.02. The van der Waals surface area contributed by atoms with Crippen LogP contribution in [0.3, 0.4) is 0 Å². The lowest BCUT2D eigenvalue weighted by molar-refractivity contribution is 0.455. The predicted octanol–water partition coefficient (Wildman–Crippen LogP) is 3.76. The van der Waals surface area contributed by atoms with Crippen LogP contribution in [0.4, 0.5) is 0 Å². The highest BCUT2D eigenvalue weighted by atomic mass is 33.7. The van der Waals surface area contributed by atoms with Crippen LogP contribution >= 0.6 is 41.2 Å². The van der Waals surface area contributed by atoms with Gasteiger partial charge < -0.3 is 8.83 Å². The maximum absolute atomic E-state index is 5.04. The molecule has 2 aromatic rings. The molecule has 0 aliphatic rings. The number of aromatic nitrogens is 2. The lowest BCUT2D eigenvalue weighted by atomic mass is 11.0. The van der Waals surface area contributed by atoms with E-state index in [-0.39, 0.29) is 0 Å². The zero-order chi connectivity index (χ0) is 9.64. The Kier molecular flexibility index (Phi) is 4.17. The van der Waals surface area contributed by atoms with E-state index >= 15 is 0 Å². The van der Waals surface area contributed by atoms with Crippen LogP contribution in [0.1, 0.15) is 0 Å². The molecule has 0 bridgehead atoms. The van der Waals surface area contributed by atoms with Gasteiger partial charge in [0.1, 0.15) is 12.5 Å². The van der Waals surface area contributed by atoms with Crippen molar-refractivity contribution < 1.29 is 8.83 Å². The van der Waals surface area contributed by atoms with Crippen LogP contribution in [0.2, 0.25) is 0 Å². The maximum Gasteiger partial charge on any atom is 0.267 e. The van der Waals surface area contributed by atoms with Crippen LogP contribution in [0.5, 0.6) is 0 Å². The summed E-state index contributed by atoms with van der Waals surface area (Å²) in [5.41, 5.74) is 0. The topological polar surface area (TPSA) is 52.1 Å². The number of rotatable bonds is 5. The van der Waals surface area contributed by atoms with Gasteiger partial charge in [0.15, 0.2) is 0 Å². The first kappa shape index (κ1) is 10.3. The molecule has 0 aromatic carbocycles. The van der Waals surface area contributed by atoms with Gasteiger partial charge in [-0.15, -0.1) is 0 Å². The van der Waals surface area contributed by atoms with E-state index < -0.39 is 0 Å². The SMILES string of the molecule is c1coc(SSSSc2ncco2)n1. The summed E-state index contributed by atoms with van der Waals surface area (Å²) in [5, 5.41) is 1.30. The van der Waals surface area contributed by atoms with Crippen molar-refractivity contribution in [2.45, 2.75) is 10.4 Å². The Balaban J connectivity index is 1.65. The summed E-state index contributed by atoms with van der Waals surface area (Å²) >= 11 is 0. The van der Waals surface area contributed by atoms with Gasteiger partial charge >= 0.3 is 0 Å². The second-order valence-corrected chi connectivity index (χ2v) is 7.47. The first-order valence-corrected chi connectivity index (χ1v) is 8.23. The van der Waals surface area contributed by atoms with Gasteiger partial charge in [0.2, 0.25) is 0 Å². The summed E-state index contributed by atoms with van der Waals surface area (Å²) in [5.74, 6) is 0. The Morgan fingerprint density at radius 2 is 1.36 bits per heavy atom. The highest BCUT2D eigenvalue weighted by molar-refractivity contribution is 9.26. The number of hydrogen-bond donors (Lipinski definition) is 0. The van der Waals surface area contributed by atoms with Crippen molar-refractivity contribution in [3.05, 3.63) is 24.9 Å². The second-order valence-electron chi connectivity index (χ2n) is 1.90. The number of oxazole rings is 2. The van der Waals surface area contributed by atoms with E-state index in [9.17, 15) is 0 Å². The fourth-order valence-corrected chi connectivity index (χ4v) is 5.22. The maximum atomic E-state index is 5.04. The molecule has 74 valence electrons. The minimum atomic E-state index is 0.649. The molecule has 0 aliphatic heterocycles. The Labute approximate surface area is 95.2 Å². The fourth-order valence-electron chi connectivity index (χ4n) is 0.589. The van der Waals surface area contributed by atoms with E-state index in [2.05, 4.69) is 9.97 Å². The van der Waals surface area contributed by atoms with E-state index in [1.54, 1.807) is 44.6 Å². The summed E-state index contributed by atoms with van der Waals surface area (Å²) < 4.78 is 10.1. The van der Waals surface area contributed by atoms with Crippen molar-refractivity contribution in [3.63, 3.8) is 0 Å². The van der Waals surface area contributed by atoms with Crippen LogP contribution in [0.25, 0.3) is 0 Å². The van der Waals surface area contributed by atoms with Crippen molar-refractivity contribution in [2.75, 3.05) is 0 Å². The van der Waals surface area contributed by atoms with Gasteiger partial charge in [-0.1, -0.05) is 0 Å². The molecule has 0 amide bonds. The average molecular weight is 264 g/mol. The molecule has 2 aromatic heterocycles. The molecule has 0 aliphatic carbocycles. The standard InChI is InChI=1S/C6H4N2O2S4/c1-3-9-5(7-1)11-13-14-12-6-8-2-4-10-6/h1-4H. The molecule has 0 saturated heterocycles. The van der Waals surface area contributed by atoms with Crippen molar-refractivity contribution in [1.29, 1.82) is 0 Å². The van der Waals surface area contributed by atoms with Gasteiger partial charge in [-0.3, -0.25) is 0 Å². The first-order valence-electron chi connectivity index (χ1n) is 3.42. The third-order valence-corrected chi connectivity index (χ3v) is 6.59. The molecule has 0 radical (unpaired) electrons. The lowest BCUT2D eigenvalue weighted by Gasteiger charge is -1.92. The van der Waals surface area contributed by atoms with Gasteiger partial charge in [-0.25, -0.2) is 9.97 Å². The van der Waals surface area contributed by atoms with Crippen molar-refractivity contribution >= 4 is 41.2 Å². The molecule has 0 N–H and O–H groups in total. The van der Waals surface area contributed by atoms with E-state index in [0.717, 1.165) is 0 Å². The Morgan fingerprint density at radius 1 is 0.857 bits per heavy atom. The van der Waals surface area contributed by atoms with Crippen LogP contribution in [0.15, 0.2) is 44.2 Å². The van der Waals surface area contributed by atoms with Gasteiger partial charge in [0, 0.05) is 21.6 Å². The second kappa shape index (κ2) is 5.64. The van der Waals surface area contributed by atoms with E-state index in [1.807, 2.05) is 0 Å². The summed E-state index contributed by atoms with van der Waals surface area (Å²) in [6.45, 7) is 0. The van der Waals surface area contributed by atoms with Gasteiger partial charge in [0.25, 0.3) is 10.4 Å². The van der Waals surface area contributed by atoms with Gasteiger partial charge in [0.05, 0.1) is 12.4 Å². The molecule has 0 saturated carbocycles. The fraction of sp³-hybridized carbons (Fsp3) is 0. The third-order valence-electron chi connectivity index (χ3n) is 1.06. The van der Waals surface area contributed by atoms with Gasteiger partial charge in [-0.2, -0.15) is 0 Å². The lowest BCUT2D eigenvalue weighted by Crippen LogP contribution is -1.61.